The molecule has 0 spiro atoms. The van der Waals surface area contributed by atoms with Crippen LogP contribution in [-0.2, 0) is 4.79 Å². The van der Waals surface area contributed by atoms with E-state index in [9.17, 15) is 9.59 Å². The number of esters is 1. The van der Waals surface area contributed by atoms with E-state index in [0.717, 1.165) is 16.7 Å². The highest BCUT2D eigenvalue weighted by atomic mass is 16.5. The maximum Gasteiger partial charge on any atom is 0.343 e. The SMILES string of the molecule is Cc1cccc(C)c1OCC(=O)N/N=C\c1ccc(OC(=O)c2ccccc2)cc1. The van der Waals surface area contributed by atoms with Gasteiger partial charge in [0, 0.05) is 0 Å². The highest BCUT2D eigenvalue weighted by Crippen LogP contribution is 2.22. The quantitative estimate of drug-likeness (QED) is 0.280. The molecule has 0 aromatic heterocycles. The molecule has 0 atom stereocenters. The Morgan fingerprint density at radius 2 is 1.57 bits per heavy atom. The summed E-state index contributed by atoms with van der Waals surface area (Å²) in [5.74, 6) is 0.347. The molecule has 0 saturated heterocycles. The number of benzene rings is 3. The first kappa shape index (κ1) is 20.8. The number of carbonyl (C=O) groups excluding carboxylic acids is 2. The molecular weight excluding hydrogens is 380 g/mol. The molecule has 1 N–H and O–H groups in total. The molecule has 0 unspecified atom stereocenters. The maximum atomic E-state index is 12.0. The fourth-order valence-electron chi connectivity index (χ4n) is 2.74. The molecule has 30 heavy (non-hydrogen) atoms. The van der Waals surface area contributed by atoms with Gasteiger partial charge in [-0.2, -0.15) is 5.10 Å². The van der Waals surface area contributed by atoms with E-state index >= 15 is 0 Å². The van der Waals surface area contributed by atoms with E-state index in [1.165, 1.54) is 6.21 Å². The Kier molecular flexibility index (Phi) is 6.95. The van der Waals surface area contributed by atoms with Gasteiger partial charge < -0.3 is 9.47 Å². The van der Waals surface area contributed by atoms with E-state index in [4.69, 9.17) is 9.47 Å². The number of hydrazone groups is 1. The molecule has 0 aliphatic heterocycles. The van der Waals surface area contributed by atoms with Crippen LogP contribution in [0.5, 0.6) is 11.5 Å². The molecule has 3 aromatic carbocycles. The zero-order valence-electron chi connectivity index (χ0n) is 16.8. The van der Waals surface area contributed by atoms with Gasteiger partial charge >= 0.3 is 5.97 Å². The van der Waals surface area contributed by atoms with Gasteiger partial charge in [-0.25, -0.2) is 10.2 Å². The van der Waals surface area contributed by atoms with E-state index in [2.05, 4.69) is 10.5 Å². The molecule has 0 aliphatic carbocycles. The van der Waals surface area contributed by atoms with Crippen molar-refractivity contribution < 1.29 is 19.1 Å². The summed E-state index contributed by atoms with van der Waals surface area (Å²) < 4.78 is 10.9. The second kappa shape index (κ2) is 10.0. The smallest absolute Gasteiger partial charge is 0.343 e. The van der Waals surface area contributed by atoms with Crippen LogP contribution in [0, 0.1) is 13.8 Å². The Balaban J connectivity index is 1.48. The fraction of sp³-hybridized carbons (Fsp3) is 0.125. The Hall–Kier alpha value is -3.93. The summed E-state index contributed by atoms with van der Waals surface area (Å²) >= 11 is 0. The summed E-state index contributed by atoms with van der Waals surface area (Å²) in [7, 11) is 0. The summed E-state index contributed by atoms with van der Waals surface area (Å²) in [5.41, 5.74) is 5.59. The Morgan fingerprint density at radius 3 is 2.23 bits per heavy atom. The minimum absolute atomic E-state index is 0.128. The first-order valence-corrected chi connectivity index (χ1v) is 9.41. The van der Waals surface area contributed by atoms with Crippen LogP contribution in [0.15, 0.2) is 77.9 Å². The normalized spacial score (nSPS) is 10.6. The van der Waals surface area contributed by atoms with Crippen LogP contribution in [-0.4, -0.2) is 24.7 Å². The maximum absolute atomic E-state index is 12.0. The molecule has 0 saturated carbocycles. The second-order valence-corrected chi connectivity index (χ2v) is 6.63. The molecule has 3 rings (SSSR count). The number of para-hydroxylation sites is 1. The lowest BCUT2D eigenvalue weighted by Gasteiger charge is -2.10. The van der Waals surface area contributed by atoms with Crippen molar-refractivity contribution in [2.24, 2.45) is 5.10 Å². The second-order valence-electron chi connectivity index (χ2n) is 6.63. The predicted octanol–water partition coefficient (Wildman–Crippen LogP) is 4.05. The van der Waals surface area contributed by atoms with Crippen molar-refractivity contribution in [1.29, 1.82) is 0 Å². The fourth-order valence-corrected chi connectivity index (χ4v) is 2.74. The molecule has 6 heteroatoms. The van der Waals surface area contributed by atoms with Crippen LogP contribution in [0.3, 0.4) is 0 Å². The molecule has 0 bridgehead atoms. The molecule has 0 heterocycles. The molecule has 0 aliphatic rings. The number of carbonyl (C=O) groups is 2. The summed E-state index contributed by atoms with van der Waals surface area (Å²) in [6.07, 6.45) is 1.50. The molecule has 152 valence electrons. The third-order valence-corrected chi connectivity index (χ3v) is 4.26. The van der Waals surface area contributed by atoms with E-state index in [1.54, 1.807) is 48.5 Å². The van der Waals surface area contributed by atoms with E-state index in [0.29, 0.717) is 17.1 Å². The molecule has 6 nitrogen and oxygen atoms in total. The topological polar surface area (TPSA) is 77.0 Å². The van der Waals surface area contributed by atoms with Crippen LogP contribution in [0.1, 0.15) is 27.0 Å². The van der Waals surface area contributed by atoms with Crippen LogP contribution < -0.4 is 14.9 Å². The minimum atomic E-state index is -0.423. The summed E-state index contributed by atoms with van der Waals surface area (Å²) in [6.45, 7) is 3.73. The largest absolute Gasteiger partial charge is 0.483 e. The average Bonchev–Trinajstić information content (AvgIpc) is 2.75. The lowest BCUT2D eigenvalue weighted by molar-refractivity contribution is -0.123. The third-order valence-electron chi connectivity index (χ3n) is 4.26. The predicted molar refractivity (Wildman–Crippen MR) is 115 cm³/mol. The van der Waals surface area contributed by atoms with Crippen molar-refractivity contribution in [3.63, 3.8) is 0 Å². The first-order chi connectivity index (χ1) is 14.5. The number of amides is 1. The van der Waals surface area contributed by atoms with Gasteiger partial charge in [-0.1, -0.05) is 36.4 Å². The van der Waals surface area contributed by atoms with Crippen molar-refractivity contribution in [3.8, 4) is 11.5 Å². The van der Waals surface area contributed by atoms with Gasteiger partial charge in [-0.05, 0) is 66.9 Å². The van der Waals surface area contributed by atoms with Crippen LogP contribution >= 0.6 is 0 Å². The summed E-state index contributed by atoms with van der Waals surface area (Å²) in [6, 6.07) is 21.4. The van der Waals surface area contributed by atoms with Crippen LogP contribution in [0.2, 0.25) is 0 Å². The van der Waals surface area contributed by atoms with Gasteiger partial charge in [-0.15, -0.1) is 0 Å². The monoisotopic (exact) mass is 402 g/mol. The van der Waals surface area contributed by atoms with Gasteiger partial charge in [0.2, 0.25) is 0 Å². The Labute approximate surface area is 175 Å². The summed E-state index contributed by atoms with van der Waals surface area (Å²) in [4.78, 5) is 24.0. The molecule has 1 amide bonds. The van der Waals surface area contributed by atoms with Crippen LogP contribution in [0.4, 0.5) is 0 Å². The average molecular weight is 402 g/mol. The third kappa shape index (κ3) is 5.78. The zero-order valence-corrected chi connectivity index (χ0v) is 16.8. The van der Waals surface area contributed by atoms with Crippen molar-refractivity contribution in [2.75, 3.05) is 6.61 Å². The minimum Gasteiger partial charge on any atom is -0.483 e. The highest BCUT2D eigenvalue weighted by molar-refractivity contribution is 5.91. The number of aryl methyl sites for hydroxylation is 2. The number of nitrogens with one attached hydrogen (secondary N) is 1. The number of rotatable bonds is 7. The number of ether oxygens (including phenoxy) is 2. The van der Waals surface area contributed by atoms with Gasteiger partial charge in [-0.3, -0.25) is 4.79 Å². The molecule has 0 radical (unpaired) electrons. The molecule has 0 fully saturated rings. The van der Waals surface area contributed by atoms with E-state index < -0.39 is 5.97 Å². The van der Waals surface area contributed by atoms with Crippen molar-refractivity contribution in [3.05, 3.63) is 95.1 Å². The lowest BCUT2D eigenvalue weighted by Crippen LogP contribution is -2.25. The Morgan fingerprint density at radius 1 is 0.900 bits per heavy atom. The first-order valence-electron chi connectivity index (χ1n) is 9.41. The highest BCUT2D eigenvalue weighted by Gasteiger charge is 2.08. The number of nitrogens with zero attached hydrogens (tertiary/aromatic N) is 1. The van der Waals surface area contributed by atoms with Crippen LogP contribution in [0.25, 0.3) is 0 Å². The van der Waals surface area contributed by atoms with Crippen molar-refractivity contribution >= 4 is 18.1 Å². The van der Waals surface area contributed by atoms with Gasteiger partial charge in [0.15, 0.2) is 6.61 Å². The molecule has 3 aromatic rings. The number of hydrogen-bond acceptors (Lipinski definition) is 5. The lowest BCUT2D eigenvalue weighted by atomic mass is 10.1. The van der Waals surface area contributed by atoms with E-state index in [1.807, 2.05) is 38.1 Å². The van der Waals surface area contributed by atoms with Gasteiger partial charge in [0.05, 0.1) is 11.8 Å². The van der Waals surface area contributed by atoms with Gasteiger partial charge in [0.1, 0.15) is 11.5 Å². The zero-order chi connectivity index (χ0) is 21.3. The summed E-state index contributed by atoms with van der Waals surface area (Å²) in [5, 5.41) is 3.92. The Bertz CT molecular complexity index is 1020. The number of hydrogen-bond donors (Lipinski definition) is 1. The van der Waals surface area contributed by atoms with Gasteiger partial charge in [0.25, 0.3) is 5.91 Å². The molecular formula is C24H22N2O4. The standard InChI is InChI=1S/C24H22N2O4/c1-17-7-6-8-18(2)23(17)29-16-22(27)26-25-15-19-11-13-21(14-12-19)30-24(28)20-9-4-3-5-10-20/h3-15H,16H2,1-2H3,(H,26,27)/b25-15-. The van der Waals surface area contributed by atoms with Crippen molar-refractivity contribution in [1.82, 2.24) is 5.43 Å². The van der Waals surface area contributed by atoms with Crippen molar-refractivity contribution in [2.45, 2.75) is 13.8 Å². The van der Waals surface area contributed by atoms with E-state index in [-0.39, 0.29) is 12.5 Å².